The van der Waals surface area contributed by atoms with Gasteiger partial charge in [-0.2, -0.15) is 0 Å². The van der Waals surface area contributed by atoms with E-state index in [1.54, 1.807) is 0 Å². The third-order valence-electron chi connectivity index (χ3n) is 7.71. The Kier molecular flexibility index (Phi) is 10.6. The van der Waals surface area contributed by atoms with Gasteiger partial charge in [-0.25, -0.2) is 9.59 Å². The molecule has 10 heteroatoms. The van der Waals surface area contributed by atoms with Crippen LogP contribution in [0.1, 0.15) is 45.1 Å². The lowest BCUT2D eigenvalue weighted by molar-refractivity contribution is -0.132. The van der Waals surface area contributed by atoms with E-state index in [4.69, 9.17) is 9.47 Å². The van der Waals surface area contributed by atoms with Crippen LogP contribution in [0.4, 0.5) is 9.59 Å². The van der Waals surface area contributed by atoms with Crippen molar-refractivity contribution in [2.24, 2.45) is 0 Å². The zero-order valence-electron chi connectivity index (χ0n) is 23.9. The SMILES string of the molecule is CC(C)N(C)[C@@H]1CC[C@H](N2CC[C@H](NC(=O)OCc3ccccc3)C2=O)[C@H](NC(=O)OCC[Si](C)(C)C)C1. The van der Waals surface area contributed by atoms with Crippen LogP contribution in [-0.2, 0) is 20.9 Å². The Bertz CT molecular complexity index is 939. The van der Waals surface area contributed by atoms with Crippen LogP contribution in [0.25, 0.3) is 0 Å². The van der Waals surface area contributed by atoms with Gasteiger partial charge < -0.3 is 29.9 Å². The van der Waals surface area contributed by atoms with Crippen molar-refractivity contribution in [3.8, 4) is 0 Å². The van der Waals surface area contributed by atoms with E-state index < -0.39 is 26.3 Å². The van der Waals surface area contributed by atoms with Crippen molar-refractivity contribution in [1.29, 1.82) is 0 Å². The van der Waals surface area contributed by atoms with Crippen LogP contribution < -0.4 is 10.6 Å². The Morgan fingerprint density at radius 2 is 1.74 bits per heavy atom. The highest BCUT2D eigenvalue weighted by Crippen LogP contribution is 2.30. The molecule has 2 fully saturated rings. The fourth-order valence-electron chi connectivity index (χ4n) is 5.17. The largest absolute Gasteiger partial charge is 0.450 e. The summed E-state index contributed by atoms with van der Waals surface area (Å²) in [4.78, 5) is 42.6. The maximum atomic E-state index is 13.4. The smallest absolute Gasteiger partial charge is 0.408 e. The number of hydrogen-bond acceptors (Lipinski definition) is 6. The summed E-state index contributed by atoms with van der Waals surface area (Å²) in [5, 5.41) is 5.83. The summed E-state index contributed by atoms with van der Waals surface area (Å²) in [5.41, 5.74) is 0.885. The van der Waals surface area contributed by atoms with E-state index in [9.17, 15) is 14.4 Å². The zero-order valence-corrected chi connectivity index (χ0v) is 24.9. The fraction of sp³-hybridized carbons (Fsp3) is 0.679. The van der Waals surface area contributed by atoms with Gasteiger partial charge in [-0.1, -0.05) is 50.0 Å². The van der Waals surface area contributed by atoms with Crippen molar-refractivity contribution in [3.05, 3.63) is 35.9 Å². The number of likely N-dealkylation sites (tertiary alicyclic amines) is 1. The van der Waals surface area contributed by atoms with Gasteiger partial charge in [-0.05, 0) is 58.2 Å². The zero-order chi connectivity index (χ0) is 27.9. The summed E-state index contributed by atoms with van der Waals surface area (Å²) in [6.45, 7) is 12.2. The van der Waals surface area contributed by atoms with E-state index in [-0.39, 0.29) is 24.6 Å². The van der Waals surface area contributed by atoms with Gasteiger partial charge in [-0.3, -0.25) is 4.79 Å². The second-order valence-corrected chi connectivity index (χ2v) is 17.7. The van der Waals surface area contributed by atoms with Crippen molar-refractivity contribution in [3.63, 3.8) is 0 Å². The molecular weight excluding hydrogens is 500 g/mol. The summed E-state index contributed by atoms with van der Waals surface area (Å²) in [7, 11) is 0.797. The van der Waals surface area contributed by atoms with Crippen molar-refractivity contribution in [2.75, 3.05) is 20.2 Å². The molecule has 0 radical (unpaired) electrons. The standard InChI is InChI=1S/C28H46N4O5Si/c1-20(2)31(3)22-12-13-25(24(18-22)30-27(34)36-16-17-38(4,5)6)32-15-14-23(26(32)33)29-28(35)37-19-21-10-8-7-9-11-21/h7-11,20,22-25H,12-19H2,1-6H3,(H,29,35)(H,30,34)/t22-,23+,24-,25+/m1/s1. The van der Waals surface area contributed by atoms with Gasteiger partial charge in [0.05, 0.1) is 18.7 Å². The number of carbonyl (C=O) groups is 3. The van der Waals surface area contributed by atoms with Gasteiger partial charge >= 0.3 is 12.2 Å². The van der Waals surface area contributed by atoms with Crippen LogP contribution in [0.3, 0.4) is 0 Å². The van der Waals surface area contributed by atoms with Crippen molar-refractivity contribution in [1.82, 2.24) is 20.4 Å². The number of alkyl carbamates (subject to hydrolysis) is 2. The van der Waals surface area contributed by atoms with E-state index >= 15 is 0 Å². The Labute approximate surface area is 228 Å². The summed E-state index contributed by atoms with van der Waals surface area (Å²) < 4.78 is 10.9. The molecule has 1 heterocycles. The molecule has 0 spiro atoms. The van der Waals surface area contributed by atoms with Crippen LogP contribution in [0.5, 0.6) is 0 Å². The Balaban J connectivity index is 1.60. The molecule has 0 aromatic heterocycles. The van der Waals surface area contributed by atoms with E-state index in [0.717, 1.165) is 30.9 Å². The Morgan fingerprint density at radius 3 is 2.39 bits per heavy atom. The van der Waals surface area contributed by atoms with E-state index in [1.807, 2.05) is 35.2 Å². The van der Waals surface area contributed by atoms with Gasteiger partial charge in [-0.15, -0.1) is 0 Å². The van der Waals surface area contributed by atoms with Crippen molar-refractivity contribution < 1.29 is 23.9 Å². The van der Waals surface area contributed by atoms with Gasteiger partial charge in [0.25, 0.3) is 0 Å². The van der Waals surface area contributed by atoms with Crippen LogP contribution in [0.2, 0.25) is 25.7 Å². The predicted octanol–water partition coefficient (Wildman–Crippen LogP) is 4.21. The summed E-state index contributed by atoms with van der Waals surface area (Å²) in [6.07, 6.45) is 1.94. The minimum atomic E-state index is -1.31. The minimum absolute atomic E-state index is 0.124. The van der Waals surface area contributed by atoms with Gasteiger partial charge in [0.1, 0.15) is 12.6 Å². The molecular formula is C28H46N4O5Si. The molecule has 1 aromatic carbocycles. The predicted molar refractivity (Wildman–Crippen MR) is 151 cm³/mol. The quantitative estimate of drug-likeness (QED) is 0.427. The number of benzene rings is 1. The number of hydrogen-bond donors (Lipinski definition) is 2. The van der Waals surface area contributed by atoms with Crippen molar-refractivity contribution in [2.45, 2.75) is 102 Å². The average molecular weight is 547 g/mol. The molecule has 3 amide bonds. The van der Waals surface area contributed by atoms with E-state index in [1.165, 1.54) is 0 Å². The van der Waals surface area contributed by atoms with Gasteiger partial charge in [0, 0.05) is 26.7 Å². The molecule has 4 atom stereocenters. The average Bonchev–Trinajstić information content (AvgIpc) is 3.21. The first-order chi connectivity index (χ1) is 17.9. The molecule has 2 aliphatic rings. The van der Waals surface area contributed by atoms with E-state index in [0.29, 0.717) is 31.7 Å². The first-order valence-corrected chi connectivity index (χ1v) is 17.6. The van der Waals surface area contributed by atoms with Crippen LogP contribution in [0.15, 0.2) is 30.3 Å². The van der Waals surface area contributed by atoms with Gasteiger partial charge in [0.2, 0.25) is 5.91 Å². The molecule has 212 valence electrons. The molecule has 3 rings (SSSR count). The lowest BCUT2D eigenvalue weighted by atomic mass is 9.84. The maximum Gasteiger partial charge on any atom is 0.408 e. The maximum absolute atomic E-state index is 13.4. The normalized spacial score (nSPS) is 24.0. The number of ether oxygens (including phenoxy) is 2. The van der Waals surface area contributed by atoms with Crippen LogP contribution in [0, 0.1) is 0 Å². The topological polar surface area (TPSA) is 100 Å². The Morgan fingerprint density at radius 1 is 1.05 bits per heavy atom. The second-order valence-electron chi connectivity index (χ2n) is 12.1. The van der Waals surface area contributed by atoms with Crippen LogP contribution in [-0.4, -0.2) is 86.4 Å². The lowest BCUT2D eigenvalue weighted by Crippen LogP contribution is -2.59. The molecule has 9 nitrogen and oxygen atoms in total. The summed E-state index contributed by atoms with van der Waals surface area (Å²) in [6, 6.07) is 10.0. The highest BCUT2D eigenvalue weighted by Gasteiger charge is 2.43. The highest BCUT2D eigenvalue weighted by atomic mass is 28.3. The molecule has 1 aliphatic carbocycles. The molecule has 0 unspecified atom stereocenters. The monoisotopic (exact) mass is 546 g/mol. The number of carbonyl (C=O) groups excluding carboxylic acids is 3. The highest BCUT2D eigenvalue weighted by molar-refractivity contribution is 6.76. The molecule has 1 aliphatic heterocycles. The van der Waals surface area contributed by atoms with Crippen LogP contribution >= 0.6 is 0 Å². The summed E-state index contributed by atoms with van der Waals surface area (Å²) in [5.74, 6) is -0.124. The number of nitrogens with one attached hydrogen (secondary N) is 2. The molecule has 38 heavy (non-hydrogen) atoms. The molecule has 2 N–H and O–H groups in total. The third-order valence-corrected chi connectivity index (χ3v) is 9.41. The second kappa shape index (κ2) is 13.5. The Hall–Kier alpha value is -2.59. The lowest BCUT2D eigenvalue weighted by Gasteiger charge is -2.44. The molecule has 1 aromatic rings. The summed E-state index contributed by atoms with van der Waals surface area (Å²) >= 11 is 0. The first kappa shape index (κ1) is 30.0. The first-order valence-electron chi connectivity index (χ1n) is 13.9. The van der Waals surface area contributed by atoms with Crippen molar-refractivity contribution >= 4 is 26.2 Å². The molecule has 0 bridgehead atoms. The molecule has 1 saturated carbocycles. The number of rotatable bonds is 10. The minimum Gasteiger partial charge on any atom is -0.450 e. The third kappa shape index (κ3) is 8.73. The fourth-order valence-corrected chi connectivity index (χ4v) is 5.88. The van der Waals surface area contributed by atoms with Gasteiger partial charge in [0.15, 0.2) is 0 Å². The number of nitrogens with zero attached hydrogens (tertiary/aromatic N) is 2. The van der Waals surface area contributed by atoms with E-state index in [2.05, 4.69) is 56.1 Å². The number of amides is 3. The molecule has 1 saturated heterocycles.